The van der Waals surface area contributed by atoms with Crippen LogP contribution in [0.3, 0.4) is 0 Å². The van der Waals surface area contributed by atoms with Crippen molar-refractivity contribution < 1.29 is 24.1 Å². The third kappa shape index (κ3) is 3.05. The Hall–Kier alpha value is -1.89. The fourth-order valence-corrected chi connectivity index (χ4v) is 2.93. The van der Waals surface area contributed by atoms with E-state index >= 15 is 0 Å². The molecule has 24 heavy (non-hydrogen) atoms. The number of carbonyl (C=O) groups excluding carboxylic acids is 1. The van der Waals surface area contributed by atoms with Gasteiger partial charge in [0.15, 0.2) is 0 Å². The first-order valence-electron chi connectivity index (χ1n) is 8.06. The predicted molar refractivity (Wildman–Crippen MR) is 88.8 cm³/mol. The third-order valence-electron chi connectivity index (χ3n) is 3.90. The summed E-state index contributed by atoms with van der Waals surface area (Å²) in [6.07, 6.45) is 1.90. The zero-order valence-electron chi connectivity index (χ0n) is 14.2. The van der Waals surface area contributed by atoms with Crippen LogP contribution in [0.5, 0.6) is 0 Å². The van der Waals surface area contributed by atoms with Gasteiger partial charge >= 0.3 is 6.09 Å². The fraction of sp³-hybridized carbons (Fsp3) is 0.500. The van der Waals surface area contributed by atoms with Crippen molar-refractivity contribution in [2.45, 2.75) is 38.3 Å². The average Bonchev–Trinajstić information content (AvgIpc) is 2.99. The molecule has 0 saturated carbocycles. The topological polar surface area (TPSA) is 68.2 Å². The van der Waals surface area contributed by atoms with Gasteiger partial charge in [0.1, 0.15) is 11.7 Å². The third-order valence-corrected chi connectivity index (χ3v) is 3.90. The zero-order chi connectivity index (χ0) is 17.4. The van der Waals surface area contributed by atoms with Gasteiger partial charge in [-0.25, -0.2) is 4.79 Å². The number of aliphatic hydroxyl groups is 1. The molecule has 0 bridgehead atoms. The fourth-order valence-electron chi connectivity index (χ4n) is 2.93. The molecule has 1 unspecified atom stereocenters. The molecule has 1 saturated heterocycles. The van der Waals surface area contributed by atoms with Gasteiger partial charge in [0.25, 0.3) is 0 Å². The van der Waals surface area contributed by atoms with E-state index in [-0.39, 0.29) is 0 Å². The van der Waals surface area contributed by atoms with Crippen LogP contribution in [-0.2, 0) is 20.0 Å². The minimum Gasteiger partial charge on any atom is -0.443 e. The lowest BCUT2D eigenvalue weighted by molar-refractivity contribution is -0.215. The summed E-state index contributed by atoms with van der Waals surface area (Å²) in [7, 11) is 0. The van der Waals surface area contributed by atoms with Gasteiger partial charge in [-0.15, -0.1) is 0 Å². The van der Waals surface area contributed by atoms with E-state index in [9.17, 15) is 9.90 Å². The Labute approximate surface area is 141 Å². The molecule has 3 rings (SSSR count). The quantitative estimate of drug-likeness (QED) is 0.739. The van der Waals surface area contributed by atoms with E-state index in [1.54, 1.807) is 24.3 Å². The molecule has 1 spiro atoms. The molecule has 1 aromatic carbocycles. The van der Waals surface area contributed by atoms with Crippen LogP contribution < -0.4 is 4.90 Å². The molecular formula is C18H23NO5. The molecule has 1 atom stereocenters. The van der Waals surface area contributed by atoms with Crippen molar-refractivity contribution in [1.29, 1.82) is 0 Å². The van der Waals surface area contributed by atoms with Crippen molar-refractivity contribution >= 4 is 11.8 Å². The Balaban J connectivity index is 2.06. The highest BCUT2D eigenvalue weighted by Gasteiger charge is 2.47. The highest BCUT2D eigenvalue weighted by atomic mass is 16.7. The maximum absolute atomic E-state index is 12.7. The average molecular weight is 333 g/mol. The number of ether oxygens (including phenoxy) is 3. The van der Waals surface area contributed by atoms with Gasteiger partial charge < -0.3 is 19.3 Å². The summed E-state index contributed by atoms with van der Waals surface area (Å²) >= 11 is 0. The molecule has 6 heteroatoms. The zero-order valence-corrected chi connectivity index (χ0v) is 14.2. The Bertz CT molecular complexity index is 643. The van der Waals surface area contributed by atoms with Gasteiger partial charge in [0.05, 0.1) is 18.9 Å². The van der Waals surface area contributed by atoms with E-state index in [0.29, 0.717) is 31.0 Å². The highest BCUT2D eigenvalue weighted by Crippen LogP contribution is 2.41. The van der Waals surface area contributed by atoms with Crippen LogP contribution in [-0.4, -0.2) is 42.7 Å². The molecule has 1 amide bonds. The minimum absolute atomic E-state index is 0.291. The van der Waals surface area contributed by atoms with Crippen LogP contribution in [0.25, 0.3) is 0 Å². The van der Waals surface area contributed by atoms with Crippen molar-refractivity contribution in [2.24, 2.45) is 0 Å². The summed E-state index contributed by atoms with van der Waals surface area (Å²) in [5.41, 5.74) is 0.623. The molecule has 1 N–H and O–H groups in total. The second kappa shape index (κ2) is 6.20. The molecule has 1 fully saturated rings. The second-order valence-corrected chi connectivity index (χ2v) is 6.85. The maximum Gasteiger partial charge on any atom is 0.415 e. The molecule has 6 nitrogen and oxygen atoms in total. The second-order valence-electron chi connectivity index (χ2n) is 6.85. The normalized spacial score (nSPS) is 24.2. The van der Waals surface area contributed by atoms with Crippen LogP contribution in [0, 0.1) is 0 Å². The molecule has 2 aliphatic rings. The number of fused-ring (bicyclic) bond motifs is 2. The van der Waals surface area contributed by atoms with E-state index in [2.05, 4.69) is 0 Å². The van der Waals surface area contributed by atoms with Gasteiger partial charge in [-0.3, -0.25) is 4.90 Å². The number of amides is 1. The van der Waals surface area contributed by atoms with Gasteiger partial charge in [0.2, 0.25) is 5.79 Å². The molecule has 0 aromatic heterocycles. The first-order chi connectivity index (χ1) is 11.3. The van der Waals surface area contributed by atoms with Gasteiger partial charge in [-0.2, -0.15) is 0 Å². The number of anilines is 1. The highest BCUT2D eigenvalue weighted by molar-refractivity contribution is 5.89. The van der Waals surface area contributed by atoms with Crippen molar-refractivity contribution in [3.63, 3.8) is 0 Å². The van der Waals surface area contributed by atoms with Crippen molar-refractivity contribution in [3.05, 3.63) is 42.0 Å². The van der Waals surface area contributed by atoms with Crippen molar-refractivity contribution in [3.8, 4) is 0 Å². The summed E-state index contributed by atoms with van der Waals surface area (Å²) in [5.74, 6) is -1.30. The predicted octanol–water partition coefficient (Wildman–Crippen LogP) is 2.56. The molecule has 0 aliphatic carbocycles. The largest absolute Gasteiger partial charge is 0.443 e. The summed E-state index contributed by atoms with van der Waals surface area (Å²) in [5, 5.41) is 10.6. The Morgan fingerprint density at radius 3 is 2.62 bits per heavy atom. The number of nitrogens with zero attached hydrogens (tertiary/aromatic N) is 1. The summed E-state index contributed by atoms with van der Waals surface area (Å²) in [4.78, 5) is 14.2. The van der Waals surface area contributed by atoms with Crippen LogP contribution in [0.1, 0.15) is 26.3 Å². The number of rotatable bonds is 0. The van der Waals surface area contributed by atoms with Crippen molar-refractivity contribution in [1.82, 2.24) is 0 Å². The van der Waals surface area contributed by atoms with Crippen LogP contribution >= 0.6 is 0 Å². The lowest BCUT2D eigenvalue weighted by atomic mass is 9.95. The Morgan fingerprint density at radius 1 is 1.29 bits per heavy atom. The van der Waals surface area contributed by atoms with E-state index in [1.165, 1.54) is 4.90 Å². The first kappa shape index (κ1) is 17.0. The SMILES string of the molecule is CC(C)(C)OC(=O)N1C/C=C\C(O)C2(OCCO2)c2ccccc21. The Kier molecular flexibility index (Phi) is 4.38. The molecule has 1 aromatic rings. The smallest absolute Gasteiger partial charge is 0.415 e. The lowest BCUT2D eigenvalue weighted by Crippen LogP contribution is -2.45. The molecule has 0 radical (unpaired) electrons. The van der Waals surface area contributed by atoms with Gasteiger partial charge in [-0.05, 0) is 26.8 Å². The molecular weight excluding hydrogens is 310 g/mol. The molecule has 2 heterocycles. The Morgan fingerprint density at radius 2 is 1.96 bits per heavy atom. The lowest BCUT2D eigenvalue weighted by Gasteiger charge is -2.37. The van der Waals surface area contributed by atoms with E-state index in [1.807, 2.05) is 32.9 Å². The minimum atomic E-state index is -1.30. The summed E-state index contributed by atoms with van der Waals surface area (Å²) in [6, 6.07) is 7.27. The maximum atomic E-state index is 12.7. The van der Waals surface area contributed by atoms with Crippen molar-refractivity contribution in [2.75, 3.05) is 24.7 Å². The monoisotopic (exact) mass is 333 g/mol. The van der Waals surface area contributed by atoms with Crippen LogP contribution in [0.2, 0.25) is 0 Å². The van der Waals surface area contributed by atoms with Crippen LogP contribution in [0.15, 0.2) is 36.4 Å². The van der Waals surface area contributed by atoms with E-state index < -0.39 is 23.6 Å². The number of para-hydroxylation sites is 1. The van der Waals surface area contributed by atoms with Gasteiger partial charge in [0, 0.05) is 12.1 Å². The van der Waals surface area contributed by atoms with Crippen LogP contribution in [0.4, 0.5) is 10.5 Å². The standard InChI is InChI=1S/C18H23NO5/c1-17(2,3)24-16(21)19-10-6-9-15(20)18(22-11-12-23-18)13-7-4-5-8-14(13)19/h4-9,15,20H,10-12H2,1-3H3/b9-6-. The number of carbonyl (C=O) groups is 1. The van der Waals surface area contributed by atoms with E-state index in [4.69, 9.17) is 14.2 Å². The molecule has 130 valence electrons. The number of aliphatic hydroxyl groups excluding tert-OH is 1. The number of benzene rings is 1. The summed E-state index contributed by atoms with van der Waals surface area (Å²) < 4.78 is 17.1. The van der Waals surface area contributed by atoms with Gasteiger partial charge in [-0.1, -0.05) is 30.4 Å². The number of hydrogen-bond donors (Lipinski definition) is 1. The number of hydrogen-bond acceptors (Lipinski definition) is 5. The summed E-state index contributed by atoms with van der Waals surface area (Å²) in [6.45, 7) is 6.53. The molecule has 2 aliphatic heterocycles. The van der Waals surface area contributed by atoms with E-state index in [0.717, 1.165) is 0 Å². The first-order valence-corrected chi connectivity index (χ1v) is 8.06.